The number of benzene rings is 4. The van der Waals surface area contributed by atoms with Gasteiger partial charge in [-0.2, -0.15) is 0 Å². The van der Waals surface area contributed by atoms with E-state index in [1.54, 1.807) is 18.2 Å². The zero-order valence-electron chi connectivity index (χ0n) is 22.5. The van der Waals surface area contributed by atoms with Gasteiger partial charge in [0.15, 0.2) is 0 Å². The van der Waals surface area contributed by atoms with Gasteiger partial charge in [-0.05, 0) is 59.5 Å². The lowest BCUT2D eigenvalue weighted by atomic mass is 10.0. The van der Waals surface area contributed by atoms with Crippen LogP contribution in [0.5, 0.6) is 0 Å². The molecule has 5 aromatic rings. The standard InChI is InChI=1S/C35H27N3O3/c1-2-24-18-20-29(21-19-24)38-34(40)30(33(39)36-35(38)41)22-27-23-31(25-12-6-3-7-13-25)37(28-16-10-5-11-17-28)32(27)26-14-8-4-9-15-26/h3-23H,2H2,1H3,(H,36,39,41)/b30-22+. The normalized spacial score (nSPS) is 14.4. The summed E-state index contributed by atoms with van der Waals surface area (Å²) in [6.07, 6.45) is 2.42. The molecule has 41 heavy (non-hydrogen) atoms. The third-order valence-electron chi connectivity index (χ3n) is 7.17. The fraction of sp³-hybridized carbons (Fsp3) is 0.0571. The first kappa shape index (κ1) is 25.8. The van der Waals surface area contributed by atoms with Crippen LogP contribution < -0.4 is 10.2 Å². The summed E-state index contributed by atoms with van der Waals surface area (Å²) < 4.78 is 2.13. The molecule has 0 radical (unpaired) electrons. The lowest BCUT2D eigenvalue weighted by molar-refractivity contribution is -0.122. The maximum Gasteiger partial charge on any atom is 0.335 e. The van der Waals surface area contributed by atoms with Gasteiger partial charge in [-0.1, -0.05) is 97.9 Å². The number of aryl methyl sites for hydroxylation is 1. The van der Waals surface area contributed by atoms with Crippen molar-refractivity contribution < 1.29 is 14.4 Å². The van der Waals surface area contributed by atoms with Crippen LogP contribution in [-0.2, 0) is 16.0 Å². The largest absolute Gasteiger partial charge is 0.335 e. The van der Waals surface area contributed by atoms with Crippen molar-refractivity contribution in [3.05, 3.63) is 138 Å². The van der Waals surface area contributed by atoms with Gasteiger partial charge in [0.25, 0.3) is 11.8 Å². The maximum absolute atomic E-state index is 13.8. The van der Waals surface area contributed by atoms with Crippen LogP contribution in [0.25, 0.3) is 34.3 Å². The Bertz CT molecular complexity index is 1770. The van der Waals surface area contributed by atoms with Crippen molar-refractivity contribution in [3.8, 4) is 28.2 Å². The van der Waals surface area contributed by atoms with Gasteiger partial charge >= 0.3 is 6.03 Å². The Labute approximate surface area is 238 Å². The quantitative estimate of drug-likeness (QED) is 0.187. The van der Waals surface area contributed by atoms with E-state index in [-0.39, 0.29) is 5.57 Å². The van der Waals surface area contributed by atoms with Crippen LogP contribution in [0.4, 0.5) is 10.5 Å². The van der Waals surface area contributed by atoms with Gasteiger partial charge in [0.2, 0.25) is 0 Å². The highest BCUT2D eigenvalue weighted by Crippen LogP contribution is 2.37. The molecule has 0 bridgehead atoms. The molecule has 6 rings (SSSR count). The first-order valence-electron chi connectivity index (χ1n) is 13.5. The number of urea groups is 1. The van der Waals surface area contributed by atoms with E-state index in [4.69, 9.17) is 0 Å². The highest BCUT2D eigenvalue weighted by Gasteiger charge is 2.37. The fourth-order valence-electron chi connectivity index (χ4n) is 5.13. The Hall–Kier alpha value is -5.49. The number of barbiturate groups is 1. The minimum absolute atomic E-state index is 0.119. The van der Waals surface area contributed by atoms with E-state index in [9.17, 15) is 14.4 Å². The van der Waals surface area contributed by atoms with Crippen molar-refractivity contribution in [3.63, 3.8) is 0 Å². The number of anilines is 1. The zero-order chi connectivity index (χ0) is 28.3. The predicted molar refractivity (Wildman–Crippen MR) is 161 cm³/mol. The van der Waals surface area contributed by atoms with E-state index in [0.717, 1.165) is 45.1 Å². The molecule has 1 saturated heterocycles. The number of imide groups is 2. The van der Waals surface area contributed by atoms with Crippen molar-refractivity contribution in [1.82, 2.24) is 9.88 Å². The lowest BCUT2D eigenvalue weighted by Crippen LogP contribution is -2.54. The molecule has 1 aliphatic rings. The van der Waals surface area contributed by atoms with E-state index < -0.39 is 17.8 Å². The summed E-state index contributed by atoms with van der Waals surface area (Å²) in [5.74, 6) is -1.40. The fourth-order valence-corrected chi connectivity index (χ4v) is 5.13. The monoisotopic (exact) mass is 537 g/mol. The van der Waals surface area contributed by atoms with Crippen LogP contribution >= 0.6 is 0 Å². The molecule has 1 fully saturated rings. The molecule has 1 aromatic heterocycles. The molecule has 0 atom stereocenters. The second kappa shape index (κ2) is 10.9. The first-order valence-corrected chi connectivity index (χ1v) is 13.5. The summed E-state index contributed by atoms with van der Waals surface area (Å²) in [5.41, 5.74) is 6.57. The summed E-state index contributed by atoms with van der Waals surface area (Å²) in [7, 11) is 0. The van der Waals surface area contributed by atoms with E-state index in [1.165, 1.54) is 0 Å². The Morgan fingerprint density at radius 1 is 0.683 bits per heavy atom. The number of nitrogens with one attached hydrogen (secondary N) is 1. The SMILES string of the molecule is CCc1ccc(N2C(=O)NC(=O)/C(=C\c3cc(-c4ccccc4)n(-c4ccccc4)c3-c3ccccc3)C2=O)cc1. The van der Waals surface area contributed by atoms with Crippen LogP contribution in [0.2, 0.25) is 0 Å². The Kier molecular flexibility index (Phi) is 6.88. The average molecular weight is 538 g/mol. The number of para-hydroxylation sites is 1. The Morgan fingerprint density at radius 3 is 1.88 bits per heavy atom. The first-order chi connectivity index (χ1) is 20.0. The van der Waals surface area contributed by atoms with Crippen molar-refractivity contribution in [2.75, 3.05) is 4.90 Å². The molecule has 4 aromatic carbocycles. The van der Waals surface area contributed by atoms with E-state index in [0.29, 0.717) is 11.3 Å². The van der Waals surface area contributed by atoms with Crippen LogP contribution in [-0.4, -0.2) is 22.4 Å². The molecule has 2 heterocycles. The summed E-state index contributed by atoms with van der Waals surface area (Å²) in [6.45, 7) is 2.03. The van der Waals surface area contributed by atoms with Crippen molar-refractivity contribution in [1.29, 1.82) is 0 Å². The highest BCUT2D eigenvalue weighted by molar-refractivity contribution is 6.39. The van der Waals surface area contributed by atoms with Crippen LogP contribution in [0.15, 0.2) is 127 Å². The number of hydrogen-bond donors (Lipinski definition) is 1. The minimum atomic E-state index is -0.767. The molecular formula is C35H27N3O3. The number of carbonyl (C=O) groups excluding carboxylic acids is 3. The lowest BCUT2D eigenvalue weighted by Gasteiger charge is -2.26. The van der Waals surface area contributed by atoms with Crippen LogP contribution in [0, 0.1) is 0 Å². The van der Waals surface area contributed by atoms with Gasteiger partial charge in [-0.3, -0.25) is 14.9 Å². The molecule has 6 nitrogen and oxygen atoms in total. The van der Waals surface area contributed by atoms with E-state index in [1.807, 2.05) is 116 Å². The molecule has 1 N–H and O–H groups in total. The molecule has 0 aliphatic carbocycles. The van der Waals surface area contributed by atoms with E-state index >= 15 is 0 Å². The van der Waals surface area contributed by atoms with Crippen LogP contribution in [0.3, 0.4) is 0 Å². The molecule has 200 valence electrons. The molecule has 0 saturated carbocycles. The number of aromatic nitrogens is 1. The zero-order valence-corrected chi connectivity index (χ0v) is 22.5. The molecule has 0 spiro atoms. The average Bonchev–Trinajstić information content (AvgIpc) is 3.40. The maximum atomic E-state index is 13.8. The second-order valence-electron chi connectivity index (χ2n) is 9.71. The number of nitrogens with zero attached hydrogens (tertiary/aromatic N) is 2. The highest BCUT2D eigenvalue weighted by atomic mass is 16.2. The minimum Gasteiger partial charge on any atom is -0.309 e. The summed E-state index contributed by atoms with van der Waals surface area (Å²) >= 11 is 0. The molecule has 6 heteroatoms. The van der Waals surface area contributed by atoms with Crippen molar-refractivity contribution in [2.24, 2.45) is 0 Å². The molecule has 4 amide bonds. The smallest absolute Gasteiger partial charge is 0.309 e. The van der Waals surface area contributed by atoms with Gasteiger partial charge < -0.3 is 4.57 Å². The Morgan fingerprint density at radius 2 is 1.27 bits per heavy atom. The molecule has 0 unspecified atom stereocenters. The van der Waals surface area contributed by atoms with Crippen LogP contribution in [0.1, 0.15) is 18.1 Å². The van der Waals surface area contributed by atoms with Gasteiger partial charge in [-0.25, -0.2) is 9.69 Å². The van der Waals surface area contributed by atoms with Gasteiger partial charge in [0, 0.05) is 11.3 Å². The summed E-state index contributed by atoms with van der Waals surface area (Å²) in [5, 5.41) is 2.35. The number of rotatable bonds is 6. The Balaban J connectivity index is 1.57. The van der Waals surface area contributed by atoms with Crippen molar-refractivity contribution >= 4 is 29.6 Å². The molecular weight excluding hydrogens is 510 g/mol. The van der Waals surface area contributed by atoms with Gasteiger partial charge in [0.1, 0.15) is 5.57 Å². The molecule has 1 aliphatic heterocycles. The number of hydrogen-bond acceptors (Lipinski definition) is 3. The topological polar surface area (TPSA) is 71.4 Å². The third kappa shape index (κ3) is 4.87. The van der Waals surface area contributed by atoms with Crippen molar-refractivity contribution in [2.45, 2.75) is 13.3 Å². The predicted octanol–water partition coefficient (Wildman–Crippen LogP) is 7.04. The summed E-state index contributed by atoms with van der Waals surface area (Å²) in [6, 6.07) is 38.2. The summed E-state index contributed by atoms with van der Waals surface area (Å²) in [4.78, 5) is 40.7. The van der Waals surface area contributed by atoms with Gasteiger partial charge in [0.05, 0.1) is 17.1 Å². The van der Waals surface area contributed by atoms with E-state index in [2.05, 4.69) is 9.88 Å². The number of carbonyl (C=O) groups is 3. The number of amides is 4. The third-order valence-corrected chi connectivity index (χ3v) is 7.17. The second-order valence-corrected chi connectivity index (χ2v) is 9.71. The van der Waals surface area contributed by atoms with Gasteiger partial charge in [-0.15, -0.1) is 0 Å².